The van der Waals surface area contributed by atoms with Crippen LogP contribution in [0.1, 0.15) is 16.1 Å². The third kappa shape index (κ3) is 3.92. The first-order chi connectivity index (χ1) is 12.4. The molecule has 5 nitrogen and oxygen atoms in total. The van der Waals surface area contributed by atoms with Crippen molar-refractivity contribution in [2.75, 3.05) is 0 Å². The topological polar surface area (TPSA) is 76.1 Å². The maximum Gasteiger partial charge on any atom is 0.272 e. The van der Waals surface area contributed by atoms with Crippen LogP contribution in [-0.2, 0) is 16.4 Å². The minimum absolute atomic E-state index is 0.0266. The van der Waals surface area contributed by atoms with Crippen LogP contribution in [0.25, 0.3) is 0 Å². The molecular weight excluding hydrogens is 399 g/mol. The summed E-state index contributed by atoms with van der Waals surface area (Å²) in [4.78, 5) is 16.3. The lowest BCUT2D eigenvalue weighted by atomic mass is 10.2. The number of aromatic nitrogens is 1. The number of carbonyl (C=O) groups is 1. The van der Waals surface area contributed by atoms with Crippen molar-refractivity contribution < 1.29 is 17.6 Å². The Bertz CT molecular complexity index is 1030. The molecule has 0 radical (unpaired) electrons. The van der Waals surface area contributed by atoms with Gasteiger partial charge in [0.25, 0.3) is 5.91 Å². The van der Waals surface area contributed by atoms with Gasteiger partial charge in [-0.25, -0.2) is 17.8 Å². The lowest BCUT2D eigenvalue weighted by molar-refractivity contribution is 0.0943. The molecule has 1 N–H and O–H groups in total. The summed E-state index contributed by atoms with van der Waals surface area (Å²) in [5.41, 5.74) is 1.81. The number of sulfone groups is 1. The summed E-state index contributed by atoms with van der Waals surface area (Å²) < 4.78 is 38.3. The van der Waals surface area contributed by atoms with Crippen LogP contribution in [0.3, 0.4) is 0 Å². The van der Waals surface area contributed by atoms with Gasteiger partial charge in [-0.15, -0.1) is 11.3 Å². The van der Waals surface area contributed by atoms with Crippen LogP contribution in [0.15, 0.2) is 63.1 Å². The Labute approximate surface area is 158 Å². The smallest absolute Gasteiger partial charge is 0.272 e. The van der Waals surface area contributed by atoms with E-state index in [2.05, 4.69) is 10.3 Å². The quantitative estimate of drug-likeness (QED) is 0.695. The van der Waals surface area contributed by atoms with Gasteiger partial charge in [0.05, 0.1) is 10.4 Å². The zero-order valence-corrected chi connectivity index (χ0v) is 15.5. The van der Waals surface area contributed by atoms with Gasteiger partial charge in [-0.05, 0) is 42.0 Å². The Morgan fingerprint density at radius 1 is 1.12 bits per heavy atom. The van der Waals surface area contributed by atoms with Crippen molar-refractivity contribution in [3.8, 4) is 0 Å². The Kier molecular flexibility index (Phi) is 5.36. The van der Waals surface area contributed by atoms with E-state index in [0.29, 0.717) is 10.6 Å². The molecule has 134 valence electrons. The predicted molar refractivity (Wildman–Crippen MR) is 96.6 cm³/mol. The molecule has 3 rings (SSSR count). The van der Waals surface area contributed by atoms with Crippen molar-refractivity contribution in [2.45, 2.75) is 15.6 Å². The van der Waals surface area contributed by atoms with Gasteiger partial charge in [-0.3, -0.25) is 4.79 Å². The fourth-order valence-corrected chi connectivity index (χ4v) is 4.84. The summed E-state index contributed by atoms with van der Waals surface area (Å²) in [7, 11) is -3.89. The van der Waals surface area contributed by atoms with Gasteiger partial charge in [0.15, 0.2) is 9.90 Å². The Morgan fingerprint density at radius 2 is 1.77 bits per heavy atom. The van der Waals surface area contributed by atoms with Gasteiger partial charge in [-0.1, -0.05) is 23.7 Å². The second-order valence-corrected chi connectivity index (χ2v) is 8.69. The number of amides is 1. The van der Waals surface area contributed by atoms with E-state index in [1.807, 2.05) is 0 Å². The van der Waals surface area contributed by atoms with E-state index in [-0.39, 0.29) is 27.2 Å². The molecule has 0 bridgehead atoms. The maximum atomic E-state index is 12.9. The summed E-state index contributed by atoms with van der Waals surface area (Å²) in [6.07, 6.45) is 0. The number of carbonyl (C=O) groups excluding carboxylic acids is 1. The second kappa shape index (κ2) is 7.53. The molecule has 0 aliphatic heterocycles. The molecule has 0 spiro atoms. The number of rotatable bonds is 5. The van der Waals surface area contributed by atoms with E-state index < -0.39 is 15.7 Å². The average Bonchev–Trinajstić information content (AvgIpc) is 3.12. The first-order valence-corrected chi connectivity index (χ1v) is 10.1. The number of thiazole rings is 1. The monoisotopic (exact) mass is 410 g/mol. The molecule has 9 heteroatoms. The molecule has 0 aliphatic carbocycles. The molecular formula is C17H12ClFN2O3S2. The highest BCUT2D eigenvalue weighted by molar-refractivity contribution is 7.93. The molecule has 1 amide bonds. The van der Waals surface area contributed by atoms with Gasteiger partial charge in [0.1, 0.15) is 5.82 Å². The highest BCUT2D eigenvalue weighted by Gasteiger charge is 2.27. The second-order valence-electron chi connectivity index (χ2n) is 5.25. The van der Waals surface area contributed by atoms with E-state index in [4.69, 9.17) is 11.6 Å². The fraction of sp³-hybridized carbons (Fsp3) is 0.0588. The zero-order chi connectivity index (χ0) is 18.7. The minimum atomic E-state index is -3.89. The molecule has 3 aromatic rings. The van der Waals surface area contributed by atoms with Crippen LogP contribution in [0.5, 0.6) is 0 Å². The molecule has 0 aliphatic rings. The van der Waals surface area contributed by atoms with E-state index in [1.165, 1.54) is 54.0 Å². The zero-order valence-electron chi connectivity index (χ0n) is 13.1. The van der Waals surface area contributed by atoms with Crippen LogP contribution in [-0.4, -0.2) is 19.3 Å². The summed E-state index contributed by atoms with van der Waals surface area (Å²) >= 11 is 6.65. The molecule has 0 saturated carbocycles. The third-order valence-corrected chi connectivity index (χ3v) is 6.88. The van der Waals surface area contributed by atoms with Crippen molar-refractivity contribution in [3.63, 3.8) is 0 Å². The van der Waals surface area contributed by atoms with Crippen LogP contribution in [0.4, 0.5) is 4.39 Å². The molecule has 0 saturated heterocycles. The first kappa shape index (κ1) is 18.5. The van der Waals surface area contributed by atoms with Crippen molar-refractivity contribution in [2.24, 2.45) is 0 Å². The highest BCUT2D eigenvalue weighted by atomic mass is 35.5. The highest BCUT2D eigenvalue weighted by Crippen LogP contribution is 2.28. The lowest BCUT2D eigenvalue weighted by Gasteiger charge is -2.07. The molecule has 1 heterocycles. The number of nitrogens with one attached hydrogen (secondary N) is 1. The number of benzene rings is 2. The lowest BCUT2D eigenvalue weighted by Crippen LogP contribution is -2.24. The summed E-state index contributed by atoms with van der Waals surface area (Å²) in [6, 6.07) is 11.3. The predicted octanol–water partition coefficient (Wildman–Crippen LogP) is 3.70. The first-order valence-electron chi connectivity index (χ1n) is 7.35. The van der Waals surface area contributed by atoms with Crippen LogP contribution >= 0.6 is 22.9 Å². The van der Waals surface area contributed by atoms with E-state index >= 15 is 0 Å². The number of nitrogens with zero attached hydrogens (tertiary/aromatic N) is 1. The van der Waals surface area contributed by atoms with Gasteiger partial charge in [0.2, 0.25) is 9.84 Å². The third-order valence-electron chi connectivity index (χ3n) is 3.48. The van der Waals surface area contributed by atoms with E-state index in [9.17, 15) is 17.6 Å². The summed E-state index contributed by atoms with van der Waals surface area (Å²) in [5.74, 6) is -1.00. The SMILES string of the molecule is O=C(NCc1ccc(F)cc1)c1ncsc1S(=O)(=O)c1ccc(Cl)cc1. The largest absolute Gasteiger partial charge is 0.347 e. The fourth-order valence-electron chi connectivity index (χ4n) is 2.17. The normalized spacial score (nSPS) is 11.3. The molecule has 0 atom stereocenters. The Hall–Kier alpha value is -2.29. The average molecular weight is 411 g/mol. The molecule has 2 aromatic carbocycles. The Morgan fingerprint density at radius 3 is 2.42 bits per heavy atom. The van der Waals surface area contributed by atoms with Crippen LogP contribution in [0.2, 0.25) is 5.02 Å². The summed E-state index contributed by atoms with van der Waals surface area (Å²) in [6.45, 7) is 0.122. The van der Waals surface area contributed by atoms with Gasteiger partial charge < -0.3 is 5.32 Å². The van der Waals surface area contributed by atoms with Crippen molar-refractivity contribution in [1.82, 2.24) is 10.3 Å². The van der Waals surface area contributed by atoms with Crippen LogP contribution in [0, 0.1) is 5.82 Å². The number of halogens is 2. The van der Waals surface area contributed by atoms with Crippen molar-refractivity contribution >= 4 is 38.7 Å². The molecule has 26 heavy (non-hydrogen) atoms. The minimum Gasteiger partial charge on any atom is -0.347 e. The van der Waals surface area contributed by atoms with Gasteiger partial charge in [0, 0.05) is 11.6 Å². The van der Waals surface area contributed by atoms with Crippen molar-refractivity contribution in [3.05, 3.63) is 76.1 Å². The molecule has 0 fully saturated rings. The Balaban J connectivity index is 1.82. The number of hydrogen-bond acceptors (Lipinski definition) is 5. The standard InChI is InChI=1S/C17H12ClFN2O3S2/c18-12-3-7-14(8-4-12)26(23,24)17-15(21-10-25-17)16(22)20-9-11-1-5-13(19)6-2-11/h1-8,10H,9H2,(H,20,22). The van der Waals surface area contributed by atoms with E-state index in [1.54, 1.807) is 0 Å². The molecule has 1 aromatic heterocycles. The summed E-state index contributed by atoms with van der Waals surface area (Å²) in [5, 5.41) is 3.00. The van der Waals surface area contributed by atoms with Crippen LogP contribution < -0.4 is 5.32 Å². The maximum absolute atomic E-state index is 12.9. The van der Waals surface area contributed by atoms with Gasteiger partial charge in [-0.2, -0.15) is 0 Å². The van der Waals surface area contributed by atoms with Crippen molar-refractivity contribution in [1.29, 1.82) is 0 Å². The number of hydrogen-bond donors (Lipinski definition) is 1. The van der Waals surface area contributed by atoms with Gasteiger partial charge >= 0.3 is 0 Å². The van der Waals surface area contributed by atoms with E-state index in [0.717, 1.165) is 11.3 Å². The molecule has 0 unspecified atom stereocenters.